The summed E-state index contributed by atoms with van der Waals surface area (Å²) in [6, 6.07) is 18.6. The number of hydrogen-bond donors (Lipinski definition) is 1. The van der Waals surface area contributed by atoms with Crippen molar-refractivity contribution in [2.75, 3.05) is 18.5 Å². The highest BCUT2D eigenvalue weighted by Crippen LogP contribution is 2.40. The zero-order valence-electron chi connectivity index (χ0n) is 20.1. The van der Waals surface area contributed by atoms with Gasteiger partial charge in [0.25, 0.3) is 5.91 Å². The third-order valence-corrected chi connectivity index (χ3v) is 6.20. The summed E-state index contributed by atoms with van der Waals surface area (Å²) >= 11 is 1.28. The largest absolute Gasteiger partial charge is 0.494 e. The summed E-state index contributed by atoms with van der Waals surface area (Å²) in [4.78, 5) is 26.7. The predicted octanol–water partition coefficient (Wildman–Crippen LogP) is 6.62. The Morgan fingerprint density at radius 1 is 1.09 bits per heavy atom. The lowest BCUT2D eigenvalue weighted by atomic mass is 10.0. The molecule has 0 spiro atoms. The number of esters is 1. The van der Waals surface area contributed by atoms with Crippen molar-refractivity contribution in [3.05, 3.63) is 76.2 Å². The van der Waals surface area contributed by atoms with Crippen molar-refractivity contribution in [2.45, 2.75) is 33.6 Å². The first-order valence-corrected chi connectivity index (χ1v) is 12.3. The van der Waals surface area contributed by atoms with Crippen molar-refractivity contribution in [1.29, 1.82) is 5.26 Å². The predicted molar refractivity (Wildman–Crippen MR) is 140 cm³/mol. The Balaban J connectivity index is 1.88. The highest BCUT2D eigenvalue weighted by atomic mass is 32.1. The number of benzene rings is 2. The van der Waals surface area contributed by atoms with Gasteiger partial charge in [-0.05, 0) is 49.6 Å². The standard InChI is InChI=1S/C28H28N2O4S/c1-4-6-16-34-23-14-12-20(13-15-23)17-22(18-29)26(31)30-27-25(28(32)33-5-2)24(19(3)35-27)21-10-8-7-9-11-21/h7-15,17H,4-6,16H2,1-3H3,(H,30,31). The molecule has 35 heavy (non-hydrogen) atoms. The fourth-order valence-corrected chi connectivity index (χ4v) is 4.52. The van der Waals surface area contributed by atoms with Crippen LogP contribution in [0.15, 0.2) is 60.2 Å². The van der Waals surface area contributed by atoms with Crippen molar-refractivity contribution in [2.24, 2.45) is 0 Å². The normalized spacial score (nSPS) is 11.0. The minimum Gasteiger partial charge on any atom is -0.494 e. The van der Waals surface area contributed by atoms with E-state index >= 15 is 0 Å². The number of thiophene rings is 1. The average Bonchev–Trinajstić information content (AvgIpc) is 3.19. The summed E-state index contributed by atoms with van der Waals surface area (Å²) in [6.07, 6.45) is 3.53. The maximum Gasteiger partial charge on any atom is 0.341 e. The number of amides is 1. The fourth-order valence-electron chi connectivity index (χ4n) is 3.46. The number of carbonyl (C=O) groups excluding carboxylic acids is 2. The molecule has 0 saturated heterocycles. The van der Waals surface area contributed by atoms with E-state index in [9.17, 15) is 14.9 Å². The molecule has 180 valence electrons. The molecule has 3 rings (SSSR count). The highest BCUT2D eigenvalue weighted by Gasteiger charge is 2.26. The molecule has 0 aliphatic heterocycles. The van der Waals surface area contributed by atoms with Crippen molar-refractivity contribution in [1.82, 2.24) is 0 Å². The van der Waals surface area contributed by atoms with Gasteiger partial charge in [0.1, 0.15) is 28.0 Å². The number of unbranched alkanes of at least 4 members (excludes halogenated alkanes) is 1. The number of aryl methyl sites for hydroxylation is 1. The maximum absolute atomic E-state index is 13.0. The van der Waals surface area contributed by atoms with Crippen molar-refractivity contribution in [3.8, 4) is 22.9 Å². The van der Waals surface area contributed by atoms with Crippen LogP contribution < -0.4 is 10.1 Å². The maximum atomic E-state index is 13.0. The monoisotopic (exact) mass is 488 g/mol. The van der Waals surface area contributed by atoms with Crippen molar-refractivity contribution in [3.63, 3.8) is 0 Å². The number of nitrogens with zero attached hydrogens (tertiary/aromatic N) is 1. The van der Waals surface area contributed by atoms with Crippen LogP contribution in [0.1, 0.15) is 47.5 Å². The third kappa shape index (κ3) is 6.58. The van der Waals surface area contributed by atoms with Gasteiger partial charge in [0.05, 0.1) is 13.2 Å². The van der Waals surface area contributed by atoms with Crippen LogP contribution in [0.5, 0.6) is 5.75 Å². The second-order valence-corrected chi connectivity index (χ2v) is 8.94. The Bertz CT molecular complexity index is 1240. The molecule has 7 heteroatoms. The molecule has 1 aromatic heterocycles. The van der Waals surface area contributed by atoms with E-state index < -0.39 is 11.9 Å². The molecular formula is C28H28N2O4S. The summed E-state index contributed by atoms with van der Waals surface area (Å²) < 4.78 is 10.9. The average molecular weight is 489 g/mol. The first kappa shape index (κ1) is 25.7. The van der Waals surface area contributed by atoms with Crippen molar-refractivity contribution < 1.29 is 19.1 Å². The molecule has 0 unspecified atom stereocenters. The van der Waals surface area contributed by atoms with Gasteiger partial charge in [0.2, 0.25) is 0 Å². The van der Waals surface area contributed by atoms with Gasteiger partial charge in [0, 0.05) is 10.4 Å². The summed E-state index contributed by atoms with van der Waals surface area (Å²) in [5.41, 5.74) is 2.47. The molecule has 0 saturated carbocycles. The summed E-state index contributed by atoms with van der Waals surface area (Å²) in [6.45, 7) is 6.56. The molecule has 6 nitrogen and oxygen atoms in total. The molecule has 1 N–H and O–H groups in total. The van der Waals surface area contributed by atoms with Gasteiger partial charge in [-0.1, -0.05) is 55.8 Å². The van der Waals surface area contributed by atoms with E-state index in [4.69, 9.17) is 9.47 Å². The second kappa shape index (κ2) is 12.5. The molecule has 1 heterocycles. The molecule has 0 aliphatic rings. The number of carbonyl (C=O) groups is 2. The van der Waals surface area contributed by atoms with Crippen LogP contribution in [-0.4, -0.2) is 25.1 Å². The molecule has 0 radical (unpaired) electrons. The van der Waals surface area contributed by atoms with E-state index in [0.717, 1.165) is 29.0 Å². The number of nitrogens with one attached hydrogen (secondary N) is 1. The van der Waals surface area contributed by atoms with Gasteiger partial charge in [-0.3, -0.25) is 4.79 Å². The Morgan fingerprint density at radius 3 is 2.43 bits per heavy atom. The molecule has 0 fully saturated rings. The minimum absolute atomic E-state index is 0.0771. The molecule has 3 aromatic rings. The molecule has 2 aromatic carbocycles. The van der Waals surface area contributed by atoms with Crippen molar-refractivity contribution >= 4 is 34.3 Å². The van der Waals surface area contributed by atoms with Gasteiger partial charge in [-0.2, -0.15) is 5.26 Å². The Kier molecular flexibility index (Phi) is 9.22. The Hall–Kier alpha value is -3.89. The van der Waals surface area contributed by atoms with E-state index in [0.29, 0.717) is 28.3 Å². The van der Waals surface area contributed by atoms with Gasteiger partial charge < -0.3 is 14.8 Å². The number of anilines is 1. The van der Waals surface area contributed by atoms with E-state index in [1.807, 2.05) is 55.5 Å². The highest BCUT2D eigenvalue weighted by molar-refractivity contribution is 7.17. The van der Waals surface area contributed by atoms with E-state index in [1.54, 1.807) is 19.1 Å². The van der Waals surface area contributed by atoms with E-state index in [1.165, 1.54) is 17.4 Å². The van der Waals surface area contributed by atoms with Gasteiger partial charge in [0.15, 0.2) is 0 Å². The second-order valence-electron chi connectivity index (χ2n) is 7.72. The van der Waals surface area contributed by atoms with Crippen LogP contribution >= 0.6 is 11.3 Å². The van der Waals surface area contributed by atoms with Crippen LogP contribution in [0.3, 0.4) is 0 Å². The molecule has 0 bridgehead atoms. The topological polar surface area (TPSA) is 88.4 Å². The smallest absolute Gasteiger partial charge is 0.341 e. The van der Waals surface area contributed by atoms with Crippen LogP contribution in [0.4, 0.5) is 5.00 Å². The summed E-state index contributed by atoms with van der Waals surface area (Å²) in [5, 5.41) is 12.8. The lowest BCUT2D eigenvalue weighted by Gasteiger charge is -2.09. The zero-order valence-corrected chi connectivity index (χ0v) is 20.9. The first-order valence-electron chi connectivity index (χ1n) is 11.5. The van der Waals surface area contributed by atoms with Gasteiger partial charge in [-0.25, -0.2) is 4.79 Å². The molecule has 0 atom stereocenters. The van der Waals surface area contributed by atoms with Crippen LogP contribution in [0.2, 0.25) is 0 Å². The van der Waals surface area contributed by atoms with E-state index in [-0.39, 0.29) is 12.2 Å². The quantitative estimate of drug-likeness (QED) is 0.150. The molecule has 1 amide bonds. The lowest BCUT2D eigenvalue weighted by Crippen LogP contribution is -2.16. The molecule has 0 aliphatic carbocycles. The number of hydrogen-bond acceptors (Lipinski definition) is 6. The van der Waals surface area contributed by atoms with Crippen LogP contribution in [-0.2, 0) is 9.53 Å². The van der Waals surface area contributed by atoms with Gasteiger partial charge in [-0.15, -0.1) is 11.3 Å². The minimum atomic E-state index is -0.595. The fraction of sp³-hybridized carbons (Fsp3) is 0.250. The van der Waals surface area contributed by atoms with Crippen LogP contribution in [0, 0.1) is 18.3 Å². The number of nitriles is 1. The van der Waals surface area contributed by atoms with E-state index in [2.05, 4.69) is 12.2 Å². The first-order chi connectivity index (χ1) is 17.0. The lowest BCUT2D eigenvalue weighted by molar-refractivity contribution is -0.112. The third-order valence-electron chi connectivity index (χ3n) is 5.18. The summed E-state index contributed by atoms with van der Waals surface area (Å²) in [5.74, 6) is -0.380. The zero-order chi connectivity index (χ0) is 25.2. The molecular weight excluding hydrogens is 460 g/mol. The summed E-state index contributed by atoms with van der Waals surface area (Å²) in [7, 11) is 0. The van der Waals surface area contributed by atoms with Crippen LogP contribution in [0.25, 0.3) is 17.2 Å². The number of ether oxygens (including phenoxy) is 2. The SMILES string of the molecule is CCCCOc1ccc(C=C(C#N)C(=O)Nc2sc(C)c(-c3ccccc3)c2C(=O)OCC)cc1. The Labute approximate surface area is 209 Å². The number of rotatable bonds is 10. The van der Waals surface area contributed by atoms with Gasteiger partial charge >= 0.3 is 5.97 Å². The Morgan fingerprint density at radius 2 is 1.80 bits per heavy atom.